The summed E-state index contributed by atoms with van der Waals surface area (Å²) in [5, 5.41) is 8.46. The number of H-pyrrole nitrogens is 1. The molecular weight excluding hydrogens is 158 g/mol. The third-order valence-corrected chi connectivity index (χ3v) is 1.56. The highest BCUT2D eigenvalue weighted by Gasteiger charge is 2.03. The maximum Gasteiger partial charge on any atom is 0.309 e. The van der Waals surface area contributed by atoms with E-state index >= 15 is 0 Å². The average molecular weight is 167 g/mol. The van der Waals surface area contributed by atoms with Crippen molar-refractivity contribution in [1.82, 2.24) is 4.98 Å². The van der Waals surface area contributed by atoms with Crippen LogP contribution >= 0.6 is 0 Å². The number of carboxylic acids is 1. The smallest absolute Gasteiger partial charge is 0.309 e. The van der Waals surface area contributed by atoms with Crippen LogP contribution in [0.15, 0.2) is 16.9 Å². The second-order valence-electron chi connectivity index (χ2n) is 2.55. The SMILES string of the molecule is Cc1ccc(=O)[nH]c1CC(=O)O. The zero-order valence-corrected chi connectivity index (χ0v) is 6.63. The molecule has 0 bridgehead atoms. The van der Waals surface area contributed by atoms with Crippen LogP contribution < -0.4 is 5.56 Å². The quantitative estimate of drug-likeness (QED) is 0.666. The van der Waals surface area contributed by atoms with Gasteiger partial charge in [-0.2, -0.15) is 0 Å². The molecule has 64 valence electrons. The molecule has 0 aliphatic carbocycles. The molecule has 4 nitrogen and oxygen atoms in total. The molecule has 0 radical (unpaired) electrons. The maximum absolute atomic E-state index is 10.8. The zero-order chi connectivity index (χ0) is 9.14. The Hall–Kier alpha value is -1.58. The van der Waals surface area contributed by atoms with Gasteiger partial charge in [0, 0.05) is 11.8 Å². The van der Waals surface area contributed by atoms with Gasteiger partial charge in [0.2, 0.25) is 5.56 Å². The number of aliphatic carboxylic acids is 1. The predicted octanol–water partition coefficient (Wildman–Crippen LogP) is 0.310. The van der Waals surface area contributed by atoms with E-state index in [9.17, 15) is 9.59 Å². The van der Waals surface area contributed by atoms with Gasteiger partial charge in [0.05, 0.1) is 6.42 Å². The Bertz CT molecular complexity index is 354. The van der Waals surface area contributed by atoms with Crippen molar-refractivity contribution in [3.05, 3.63) is 33.7 Å². The molecule has 0 saturated heterocycles. The molecule has 1 rings (SSSR count). The lowest BCUT2D eigenvalue weighted by Crippen LogP contribution is -2.12. The summed E-state index contributed by atoms with van der Waals surface area (Å²) in [5.41, 5.74) is 0.990. The molecule has 0 saturated carbocycles. The van der Waals surface area contributed by atoms with Crippen LogP contribution in [0.3, 0.4) is 0 Å². The standard InChI is InChI=1S/C8H9NO3/c1-5-2-3-7(10)9-6(5)4-8(11)12/h2-3H,4H2,1H3,(H,9,10)(H,11,12). The molecule has 2 N–H and O–H groups in total. The van der Waals surface area contributed by atoms with Gasteiger partial charge >= 0.3 is 5.97 Å². The Morgan fingerprint density at radius 3 is 2.83 bits per heavy atom. The van der Waals surface area contributed by atoms with E-state index in [1.165, 1.54) is 6.07 Å². The summed E-state index contributed by atoms with van der Waals surface area (Å²) in [7, 11) is 0. The van der Waals surface area contributed by atoms with Crippen molar-refractivity contribution in [3.63, 3.8) is 0 Å². The Balaban J connectivity index is 3.05. The molecule has 0 unspecified atom stereocenters. The first-order chi connectivity index (χ1) is 5.59. The van der Waals surface area contributed by atoms with Crippen molar-refractivity contribution in [2.24, 2.45) is 0 Å². The summed E-state index contributed by atoms with van der Waals surface area (Å²) in [6, 6.07) is 2.98. The number of carbonyl (C=O) groups is 1. The van der Waals surface area contributed by atoms with Gasteiger partial charge in [0.25, 0.3) is 0 Å². The summed E-state index contributed by atoms with van der Waals surface area (Å²) in [4.78, 5) is 23.6. The molecule has 0 aromatic carbocycles. The fourth-order valence-electron chi connectivity index (χ4n) is 0.925. The van der Waals surface area contributed by atoms with Crippen LogP contribution in [0.2, 0.25) is 0 Å². The number of hydrogen-bond donors (Lipinski definition) is 2. The Labute approximate surface area is 68.9 Å². The number of rotatable bonds is 2. The molecule has 0 atom stereocenters. The summed E-state index contributed by atoms with van der Waals surface area (Å²) in [5.74, 6) is -0.944. The van der Waals surface area contributed by atoms with E-state index in [-0.39, 0.29) is 12.0 Å². The monoisotopic (exact) mass is 167 g/mol. The van der Waals surface area contributed by atoms with Crippen LogP contribution in [0.4, 0.5) is 0 Å². The maximum atomic E-state index is 10.8. The van der Waals surface area contributed by atoms with Crippen molar-refractivity contribution < 1.29 is 9.90 Å². The first kappa shape index (κ1) is 8.52. The van der Waals surface area contributed by atoms with Gasteiger partial charge in [-0.25, -0.2) is 0 Å². The normalized spacial score (nSPS) is 9.75. The van der Waals surface area contributed by atoms with E-state index in [4.69, 9.17) is 5.11 Å². The van der Waals surface area contributed by atoms with Crippen LogP contribution in [0.1, 0.15) is 11.3 Å². The topological polar surface area (TPSA) is 70.2 Å². The van der Waals surface area contributed by atoms with E-state index in [0.29, 0.717) is 5.69 Å². The number of aryl methyl sites for hydroxylation is 1. The zero-order valence-electron chi connectivity index (χ0n) is 6.63. The molecule has 0 aliphatic rings. The molecule has 0 spiro atoms. The van der Waals surface area contributed by atoms with Gasteiger partial charge in [-0.3, -0.25) is 9.59 Å². The lowest BCUT2D eigenvalue weighted by molar-refractivity contribution is -0.136. The van der Waals surface area contributed by atoms with Crippen LogP contribution in [0.25, 0.3) is 0 Å². The molecular formula is C8H9NO3. The highest BCUT2D eigenvalue weighted by molar-refractivity contribution is 5.69. The van der Waals surface area contributed by atoms with E-state index in [1.807, 2.05) is 0 Å². The van der Waals surface area contributed by atoms with Gasteiger partial charge < -0.3 is 10.1 Å². The van der Waals surface area contributed by atoms with E-state index in [0.717, 1.165) is 5.56 Å². The Morgan fingerprint density at radius 1 is 1.58 bits per heavy atom. The van der Waals surface area contributed by atoms with Gasteiger partial charge in [0.1, 0.15) is 0 Å². The Morgan fingerprint density at radius 2 is 2.25 bits per heavy atom. The molecule has 1 heterocycles. The highest BCUT2D eigenvalue weighted by Crippen LogP contribution is 2.00. The lowest BCUT2D eigenvalue weighted by atomic mass is 10.2. The number of aromatic amines is 1. The summed E-state index contributed by atoms with van der Waals surface area (Å²) < 4.78 is 0. The van der Waals surface area contributed by atoms with Gasteiger partial charge in [0.15, 0.2) is 0 Å². The van der Waals surface area contributed by atoms with Gasteiger partial charge in [-0.1, -0.05) is 6.07 Å². The van der Waals surface area contributed by atoms with E-state index in [2.05, 4.69) is 4.98 Å². The van der Waals surface area contributed by atoms with Gasteiger partial charge in [-0.15, -0.1) is 0 Å². The highest BCUT2D eigenvalue weighted by atomic mass is 16.4. The van der Waals surface area contributed by atoms with Crippen molar-refractivity contribution in [1.29, 1.82) is 0 Å². The molecule has 0 aliphatic heterocycles. The van der Waals surface area contributed by atoms with Crippen LogP contribution in [-0.2, 0) is 11.2 Å². The second-order valence-corrected chi connectivity index (χ2v) is 2.55. The van der Waals surface area contributed by atoms with E-state index in [1.54, 1.807) is 13.0 Å². The fourth-order valence-corrected chi connectivity index (χ4v) is 0.925. The molecule has 12 heavy (non-hydrogen) atoms. The average Bonchev–Trinajstić information content (AvgIpc) is 1.96. The third-order valence-electron chi connectivity index (χ3n) is 1.56. The molecule has 1 aromatic heterocycles. The van der Waals surface area contributed by atoms with Crippen LogP contribution in [0.5, 0.6) is 0 Å². The number of pyridine rings is 1. The van der Waals surface area contributed by atoms with E-state index < -0.39 is 5.97 Å². The minimum Gasteiger partial charge on any atom is -0.481 e. The fraction of sp³-hybridized carbons (Fsp3) is 0.250. The van der Waals surface area contributed by atoms with Crippen molar-refractivity contribution >= 4 is 5.97 Å². The first-order valence-corrected chi connectivity index (χ1v) is 3.50. The van der Waals surface area contributed by atoms with Crippen molar-refractivity contribution in [2.45, 2.75) is 13.3 Å². The summed E-state index contributed by atoms with van der Waals surface area (Å²) in [6.45, 7) is 1.76. The number of nitrogens with one attached hydrogen (secondary N) is 1. The third kappa shape index (κ3) is 1.95. The number of hydrogen-bond acceptors (Lipinski definition) is 2. The summed E-state index contributed by atoms with van der Waals surface area (Å²) in [6.07, 6.45) is -0.137. The summed E-state index contributed by atoms with van der Waals surface area (Å²) >= 11 is 0. The Kier molecular flexibility index (Phi) is 2.28. The van der Waals surface area contributed by atoms with Crippen LogP contribution in [0, 0.1) is 6.92 Å². The van der Waals surface area contributed by atoms with Crippen LogP contribution in [-0.4, -0.2) is 16.1 Å². The second kappa shape index (κ2) is 3.21. The number of carboxylic acid groups (broad SMARTS) is 1. The molecule has 0 amide bonds. The lowest BCUT2D eigenvalue weighted by Gasteiger charge is -2.00. The van der Waals surface area contributed by atoms with Gasteiger partial charge in [-0.05, 0) is 12.5 Å². The molecule has 0 fully saturated rings. The number of aromatic nitrogens is 1. The molecule has 1 aromatic rings. The first-order valence-electron chi connectivity index (χ1n) is 3.50. The van der Waals surface area contributed by atoms with Crippen molar-refractivity contribution in [2.75, 3.05) is 0 Å². The van der Waals surface area contributed by atoms with Crippen molar-refractivity contribution in [3.8, 4) is 0 Å². The predicted molar refractivity (Wildman–Crippen MR) is 43.1 cm³/mol. The minimum absolute atomic E-state index is 0.137. The minimum atomic E-state index is -0.944. The molecule has 4 heteroatoms. The largest absolute Gasteiger partial charge is 0.481 e.